The first-order valence-electron chi connectivity index (χ1n) is 30.7. The number of anilines is 6. The van der Waals surface area contributed by atoms with Gasteiger partial charge in [0.25, 0.3) is 0 Å². The van der Waals surface area contributed by atoms with E-state index in [0.717, 1.165) is 13.1 Å². The van der Waals surface area contributed by atoms with E-state index in [4.69, 9.17) is 46.1 Å². The molecule has 2 unspecified atom stereocenters. The number of nitrogens with zero attached hydrogens (tertiary/aromatic N) is 8. The molecule has 0 spiro atoms. The number of carbonyl (C=O) groups excluding carboxylic acids is 2. The van der Waals surface area contributed by atoms with Crippen LogP contribution in [0.2, 0.25) is 0 Å². The maximum absolute atomic E-state index is 13.8. The summed E-state index contributed by atoms with van der Waals surface area (Å²) in [6, 6.07) is 24.6. The Morgan fingerprint density at radius 1 is 0.542 bits per heavy atom. The minimum Gasteiger partial charge on any atom is -0.493 e. The predicted molar refractivity (Wildman–Crippen MR) is 359 cm³/mol. The van der Waals surface area contributed by atoms with Crippen LogP contribution >= 0.6 is 38.3 Å². The Hall–Kier alpha value is -8.54. The van der Waals surface area contributed by atoms with Crippen LogP contribution in [0.1, 0.15) is 48.3 Å². The molecule has 5 aromatic carbocycles. The molecule has 2 aliphatic heterocycles. The number of rotatable bonds is 32. The van der Waals surface area contributed by atoms with Crippen molar-refractivity contribution in [2.24, 2.45) is 0 Å². The molecule has 11 rings (SSSR count). The summed E-state index contributed by atoms with van der Waals surface area (Å²) >= 11 is 2.58. The summed E-state index contributed by atoms with van der Waals surface area (Å²) in [5.41, 5.74) is 1.98. The lowest BCUT2D eigenvalue weighted by Gasteiger charge is -2.33. The number of benzene rings is 5. The Bertz CT molecular complexity index is 3980. The number of phosphoric ester groups is 2. The zero-order valence-corrected chi connectivity index (χ0v) is 56.2. The molecule has 26 nitrogen and oxygen atoms in total. The number of thiazole rings is 2. The average Bonchev–Trinajstić information content (AvgIpc) is 0.971. The van der Waals surface area contributed by atoms with Crippen LogP contribution in [0.15, 0.2) is 122 Å². The molecule has 506 valence electrons. The average molecular weight is 1400 g/mol. The molecule has 2 saturated heterocycles. The molecule has 9 aromatic rings. The number of amides is 2. The maximum atomic E-state index is 13.8. The van der Waals surface area contributed by atoms with Gasteiger partial charge in [-0.15, -0.1) is 22.7 Å². The van der Waals surface area contributed by atoms with Gasteiger partial charge in [-0.2, -0.15) is 0 Å². The van der Waals surface area contributed by atoms with E-state index in [0.29, 0.717) is 166 Å². The Kier molecular flexibility index (Phi) is 23.3. The van der Waals surface area contributed by atoms with Crippen LogP contribution in [0.4, 0.5) is 42.1 Å². The van der Waals surface area contributed by atoms with E-state index in [1.807, 2.05) is 0 Å². The fraction of sp³-hybridized carbons (Fsp3) is 0.344. The summed E-state index contributed by atoms with van der Waals surface area (Å²) in [6.07, 6.45) is 9.18. The first-order chi connectivity index (χ1) is 46.6. The SMILES string of the molecule is COc1cc2c(Nc3ncc(CC(=O)Nc4cccc(F)c4)s3)ncnc2cc1OCCCN1CCC(OP(=O)(OC)Oc2ccc(OP(=O)(OC)OC3CCN(CCCOc4cc5ncnc(Nc6ncc(CC(=O)Nc7cccc(F)c7)s6)c5cc4OC)CC3)cc2)CC1. The van der Waals surface area contributed by atoms with Crippen molar-refractivity contribution in [3.63, 3.8) is 0 Å². The molecule has 32 heteroatoms. The number of hydrogen-bond acceptors (Lipinski definition) is 26. The van der Waals surface area contributed by atoms with Gasteiger partial charge in [0.05, 0.1) is 63.5 Å². The number of piperidine rings is 2. The largest absolute Gasteiger partial charge is 0.530 e. The number of carbonyl (C=O) groups is 2. The number of fused-ring (bicyclic) bond motifs is 2. The van der Waals surface area contributed by atoms with Gasteiger partial charge in [-0.05, 0) is 111 Å². The minimum absolute atomic E-state index is 0.0580. The van der Waals surface area contributed by atoms with E-state index in [2.05, 4.69) is 61.0 Å². The van der Waals surface area contributed by atoms with Gasteiger partial charge in [0.2, 0.25) is 11.8 Å². The molecule has 4 N–H and O–H groups in total. The van der Waals surface area contributed by atoms with Crippen molar-refractivity contribution in [2.45, 2.75) is 63.6 Å². The summed E-state index contributed by atoms with van der Waals surface area (Å²) in [5, 5.41) is 14.2. The predicted octanol–water partition coefficient (Wildman–Crippen LogP) is 12.8. The van der Waals surface area contributed by atoms with Gasteiger partial charge in [0.15, 0.2) is 33.3 Å². The van der Waals surface area contributed by atoms with E-state index in [1.54, 1.807) is 63.0 Å². The molecule has 96 heavy (non-hydrogen) atoms. The number of nitrogens with one attached hydrogen (secondary N) is 4. The van der Waals surface area contributed by atoms with Crippen LogP contribution in [0.3, 0.4) is 0 Å². The standard InChI is InChI=1S/C64H70F2N12O14P2S2/c1-83-55-33-51-53(69-39-71-61(51)75-63-67-37-49(95-63)31-59(79)73-43-11-5-9-41(65)29-43)35-57(55)87-27-7-21-77-23-17-47(18-24-77)91-93(81,85-3)89-45-13-15-46(16-14-45)90-94(82,86-4)92-48-19-25-78(26-20-48)22-8-28-88-58-36-54-52(34-56(58)84-2)62(72-40-70-54)76-64-68-38-50(96-64)32-60(80)74-44-12-6-10-42(66)30-44/h5-6,9-16,29-30,33-40,47-48H,7-8,17-28,31-32H2,1-4H3,(H,73,79)(H,74,80)(H,67,69,71,75)(H,68,70,72,76). The number of ether oxygens (including phenoxy) is 4. The third-order valence-electron chi connectivity index (χ3n) is 15.4. The van der Waals surface area contributed by atoms with Crippen LogP contribution < -0.4 is 49.3 Å². The number of methoxy groups -OCH3 is 2. The second kappa shape index (κ2) is 32.5. The Balaban J connectivity index is 0.569. The van der Waals surface area contributed by atoms with Crippen LogP contribution in [-0.4, -0.2) is 145 Å². The number of likely N-dealkylation sites (tertiary alicyclic amines) is 2. The van der Waals surface area contributed by atoms with Gasteiger partial charge < -0.3 is 59.1 Å². The number of hydrogen-bond donors (Lipinski definition) is 4. The highest BCUT2D eigenvalue weighted by Crippen LogP contribution is 2.53. The third kappa shape index (κ3) is 18.9. The molecule has 6 heterocycles. The summed E-state index contributed by atoms with van der Waals surface area (Å²) in [4.78, 5) is 57.8. The van der Waals surface area contributed by atoms with Crippen LogP contribution in [-0.2, 0) is 49.7 Å². The summed E-state index contributed by atoms with van der Waals surface area (Å²) in [7, 11) is -2.46. The van der Waals surface area contributed by atoms with E-state index < -0.39 is 27.3 Å². The van der Waals surface area contributed by atoms with E-state index >= 15 is 0 Å². The Morgan fingerprint density at radius 3 is 1.34 bits per heavy atom. The molecule has 2 amide bonds. The summed E-state index contributed by atoms with van der Waals surface area (Å²) in [6.45, 7) is 5.02. The molecule has 4 aromatic heterocycles. The van der Waals surface area contributed by atoms with E-state index in [9.17, 15) is 27.5 Å². The number of aromatic nitrogens is 6. The highest BCUT2D eigenvalue weighted by molar-refractivity contribution is 7.49. The molecule has 2 aliphatic rings. The first-order valence-corrected chi connectivity index (χ1v) is 35.2. The zero-order valence-electron chi connectivity index (χ0n) is 52.8. The molecule has 0 bridgehead atoms. The highest BCUT2D eigenvalue weighted by atomic mass is 32.1. The van der Waals surface area contributed by atoms with Crippen LogP contribution in [0.5, 0.6) is 34.5 Å². The van der Waals surface area contributed by atoms with Crippen molar-refractivity contribution in [3.05, 3.63) is 143 Å². The fourth-order valence-corrected chi connectivity index (χ4v) is 14.6. The molecular formula is C64H70F2N12O14P2S2. The molecule has 2 fully saturated rings. The summed E-state index contributed by atoms with van der Waals surface area (Å²) in [5.74, 6) is 1.90. The van der Waals surface area contributed by atoms with Crippen LogP contribution in [0.25, 0.3) is 21.8 Å². The third-order valence-corrected chi connectivity index (χ3v) is 20.1. The smallest absolute Gasteiger partial charge is 0.493 e. The van der Waals surface area contributed by atoms with Crippen molar-refractivity contribution in [3.8, 4) is 34.5 Å². The monoisotopic (exact) mass is 1390 g/mol. The topological polar surface area (TPSA) is 293 Å². The quantitative estimate of drug-likeness (QED) is 0.0225. The van der Waals surface area contributed by atoms with Crippen molar-refractivity contribution >= 4 is 105 Å². The van der Waals surface area contributed by atoms with Gasteiger partial charge >= 0.3 is 15.6 Å². The second-order valence-corrected chi connectivity index (χ2v) is 27.6. The molecule has 2 atom stereocenters. The van der Waals surface area contributed by atoms with Crippen molar-refractivity contribution in [2.75, 3.05) is 102 Å². The lowest BCUT2D eigenvalue weighted by atomic mass is 10.1. The molecule has 0 saturated carbocycles. The number of halogens is 2. The fourth-order valence-electron chi connectivity index (χ4n) is 10.6. The van der Waals surface area contributed by atoms with Gasteiger partial charge in [-0.25, -0.2) is 47.8 Å². The van der Waals surface area contributed by atoms with Crippen LogP contribution in [0, 0.1) is 11.6 Å². The van der Waals surface area contributed by atoms with E-state index in [1.165, 1.54) is 110 Å². The lowest BCUT2D eigenvalue weighted by Crippen LogP contribution is -2.37. The minimum atomic E-state index is -4.05. The molecular weight excluding hydrogens is 1320 g/mol. The van der Waals surface area contributed by atoms with E-state index in [-0.39, 0.29) is 48.4 Å². The van der Waals surface area contributed by atoms with Crippen molar-refractivity contribution in [1.82, 2.24) is 39.7 Å². The summed E-state index contributed by atoms with van der Waals surface area (Å²) < 4.78 is 113. The highest BCUT2D eigenvalue weighted by Gasteiger charge is 2.36. The zero-order chi connectivity index (χ0) is 67.0. The molecule has 0 aliphatic carbocycles. The normalized spacial score (nSPS) is 15.3. The first kappa shape index (κ1) is 68.8. The second-order valence-electron chi connectivity index (χ2n) is 22.1. The van der Waals surface area contributed by atoms with Gasteiger partial charge in [-0.1, -0.05) is 12.1 Å². The lowest BCUT2D eigenvalue weighted by molar-refractivity contribution is -0.116. The Labute approximate surface area is 559 Å². The van der Waals surface area contributed by atoms with Gasteiger partial charge in [0, 0.05) is 110 Å². The van der Waals surface area contributed by atoms with Crippen molar-refractivity contribution < 1.29 is 73.6 Å². The maximum Gasteiger partial charge on any atom is 0.530 e. The van der Waals surface area contributed by atoms with Crippen molar-refractivity contribution in [1.29, 1.82) is 0 Å². The Morgan fingerprint density at radius 2 is 0.958 bits per heavy atom. The van der Waals surface area contributed by atoms with Gasteiger partial charge in [0.1, 0.15) is 47.4 Å². The molecule has 0 radical (unpaired) electrons. The number of phosphoric acid groups is 2. The van der Waals surface area contributed by atoms with Gasteiger partial charge in [-0.3, -0.25) is 27.7 Å².